The van der Waals surface area contributed by atoms with Gasteiger partial charge in [0.25, 0.3) is 17.1 Å². The van der Waals surface area contributed by atoms with Gasteiger partial charge in [-0.15, -0.1) is 0 Å². The van der Waals surface area contributed by atoms with Crippen molar-refractivity contribution in [1.82, 2.24) is 5.32 Å². The number of anilines is 1. The lowest BCUT2D eigenvalue weighted by Crippen LogP contribution is -2.20. The molecule has 2 N–H and O–H groups in total. The van der Waals surface area contributed by atoms with Crippen molar-refractivity contribution in [2.24, 2.45) is 0 Å². The Morgan fingerprint density at radius 1 is 1.20 bits per heavy atom. The molecule has 1 fully saturated rings. The third-order valence-electron chi connectivity index (χ3n) is 3.73. The number of carbonyl (C=O) groups is 3. The van der Waals surface area contributed by atoms with Crippen LogP contribution in [0, 0.1) is 0 Å². The third-order valence-corrected chi connectivity index (χ3v) is 4.78. The van der Waals surface area contributed by atoms with Gasteiger partial charge in [-0.2, -0.15) is 13.2 Å². The maximum Gasteiger partial charge on any atom is 0.416 e. The minimum Gasteiger partial charge on any atom is -0.483 e. The molecule has 2 aromatic rings. The molecule has 6 nitrogen and oxygen atoms in total. The normalized spacial score (nSPS) is 15.3. The molecule has 11 heteroatoms. The number of thioether (sulfide) groups is 1. The Morgan fingerprint density at radius 2 is 1.97 bits per heavy atom. The Hall–Kier alpha value is -2.98. The molecule has 1 saturated heterocycles. The molecule has 0 bridgehead atoms. The van der Waals surface area contributed by atoms with E-state index in [1.165, 1.54) is 36.4 Å². The van der Waals surface area contributed by atoms with Gasteiger partial charge >= 0.3 is 6.18 Å². The Morgan fingerprint density at radius 3 is 2.63 bits per heavy atom. The maximum absolute atomic E-state index is 12.8. The molecule has 3 amide bonds. The van der Waals surface area contributed by atoms with E-state index in [1.807, 2.05) is 0 Å². The minimum absolute atomic E-state index is 0.0330. The van der Waals surface area contributed by atoms with Gasteiger partial charge in [0.1, 0.15) is 5.75 Å². The van der Waals surface area contributed by atoms with Crippen molar-refractivity contribution in [2.45, 2.75) is 6.18 Å². The highest BCUT2D eigenvalue weighted by molar-refractivity contribution is 8.18. The molecule has 2 aromatic carbocycles. The zero-order chi connectivity index (χ0) is 21.9. The summed E-state index contributed by atoms with van der Waals surface area (Å²) < 4.78 is 43.7. The lowest BCUT2D eigenvalue weighted by atomic mass is 10.2. The first-order chi connectivity index (χ1) is 14.1. The van der Waals surface area contributed by atoms with E-state index in [0.29, 0.717) is 22.3 Å². The van der Waals surface area contributed by atoms with E-state index in [4.69, 9.17) is 16.3 Å². The first kappa shape index (κ1) is 21.7. The van der Waals surface area contributed by atoms with Gasteiger partial charge in [0, 0.05) is 16.3 Å². The molecular formula is C19H12ClF3N2O4S. The van der Waals surface area contributed by atoms with Crippen molar-refractivity contribution < 1.29 is 32.3 Å². The summed E-state index contributed by atoms with van der Waals surface area (Å²) >= 11 is 6.66. The summed E-state index contributed by atoms with van der Waals surface area (Å²) in [5.41, 5.74) is -0.578. The van der Waals surface area contributed by atoms with Crippen LogP contribution in [0.15, 0.2) is 47.4 Å². The van der Waals surface area contributed by atoms with Crippen LogP contribution in [0.5, 0.6) is 5.75 Å². The van der Waals surface area contributed by atoms with Gasteiger partial charge in [-0.25, -0.2) is 0 Å². The van der Waals surface area contributed by atoms with Gasteiger partial charge in [0.2, 0.25) is 0 Å². The second kappa shape index (κ2) is 8.80. The topological polar surface area (TPSA) is 84.5 Å². The van der Waals surface area contributed by atoms with E-state index in [9.17, 15) is 27.6 Å². The summed E-state index contributed by atoms with van der Waals surface area (Å²) in [5.74, 6) is -1.07. The number of carbonyl (C=O) groups excluding carboxylic acids is 3. The van der Waals surface area contributed by atoms with Crippen LogP contribution in [0.4, 0.5) is 23.7 Å². The molecule has 0 atom stereocenters. The Balaban J connectivity index is 1.70. The van der Waals surface area contributed by atoms with Crippen molar-refractivity contribution in [3.8, 4) is 5.75 Å². The average molecular weight is 457 g/mol. The third kappa shape index (κ3) is 5.55. The lowest BCUT2D eigenvalue weighted by molar-refractivity contribution is -0.137. The predicted molar refractivity (Wildman–Crippen MR) is 106 cm³/mol. The maximum atomic E-state index is 12.8. The fourth-order valence-corrected chi connectivity index (χ4v) is 3.29. The number of nitrogens with one attached hydrogen (secondary N) is 2. The molecule has 3 rings (SSSR count). The second-order valence-electron chi connectivity index (χ2n) is 5.95. The number of ether oxygens (including phenoxy) is 1. The number of hydrogen-bond donors (Lipinski definition) is 2. The quantitative estimate of drug-likeness (QED) is 0.637. The summed E-state index contributed by atoms with van der Waals surface area (Å²) in [6, 6.07) is 8.63. The van der Waals surface area contributed by atoms with Crippen LogP contribution in [0.3, 0.4) is 0 Å². The SMILES string of the molecule is O=C(COc1ccc(Cl)cc1/C=C1\SC(=O)NC1=O)Nc1cccc(C(F)(F)F)c1. The molecular weight excluding hydrogens is 445 g/mol. The van der Waals surface area contributed by atoms with Crippen molar-refractivity contribution >= 4 is 52.2 Å². The number of imide groups is 1. The molecule has 1 heterocycles. The van der Waals surface area contributed by atoms with Crippen LogP contribution in [0.1, 0.15) is 11.1 Å². The van der Waals surface area contributed by atoms with Crippen LogP contribution in [0.2, 0.25) is 5.02 Å². The standard InChI is InChI=1S/C19H12ClF3N2O4S/c20-12-4-5-14(10(6-12)7-15-17(27)25-18(28)30-15)29-9-16(26)24-13-3-1-2-11(8-13)19(21,22)23/h1-8H,9H2,(H,24,26)(H,25,27,28)/b15-7-. The predicted octanol–water partition coefficient (Wildman–Crippen LogP) is 4.70. The van der Waals surface area contributed by atoms with Gasteiger partial charge in [0.15, 0.2) is 6.61 Å². The van der Waals surface area contributed by atoms with Gasteiger partial charge in [-0.3, -0.25) is 19.7 Å². The Kier molecular flexibility index (Phi) is 6.37. The smallest absolute Gasteiger partial charge is 0.416 e. The fourth-order valence-electron chi connectivity index (χ4n) is 2.44. The average Bonchev–Trinajstić information content (AvgIpc) is 2.97. The van der Waals surface area contributed by atoms with Gasteiger partial charge in [-0.1, -0.05) is 17.7 Å². The summed E-state index contributed by atoms with van der Waals surface area (Å²) in [5, 5.41) is 4.25. The first-order valence-electron chi connectivity index (χ1n) is 8.26. The van der Waals surface area contributed by atoms with E-state index in [-0.39, 0.29) is 16.3 Å². The lowest BCUT2D eigenvalue weighted by Gasteiger charge is -2.12. The molecule has 1 aliphatic heterocycles. The van der Waals surface area contributed by atoms with E-state index in [2.05, 4.69) is 10.6 Å². The number of benzene rings is 2. The second-order valence-corrected chi connectivity index (χ2v) is 7.40. The molecule has 0 spiro atoms. The van der Waals surface area contributed by atoms with Crippen LogP contribution in [0.25, 0.3) is 6.08 Å². The number of hydrogen-bond acceptors (Lipinski definition) is 5. The largest absolute Gasteiger partial charge is 0.483 e. The highest BCUT2D eigenvalue weighted by atomic mass is 35.5. The molecule has 30 heavy (non-hydrogen) atoms. The van der Waals surface area contributed by atoms with E-state index >= 15 is 0 Å². The first-order valence-corrected chi connectivity index (χ1v) is 9.45. The molecule has 0 saturated carbocycles. The molecule has 0 unspecified atom stereocenters. The van der Waals surface area contributed by atoms with Crippen LogP contribution in [-0.4, -0.2) is 23.7 Å². The summed E-state index contributed by atoms with van der Waals surface area (Å²) in [6.45, 7) is -0.508. The number of halogens is 4. The summed E-state index contributed by atoms with van der Waals surface area (Å²) in [7, 11) is 0. The van der Waals surface area contributed by atoms with Gasteiger partial charge in [0.05, 0.1) is 10.5 Å². The molecule has 0 radical (unpaired) electrons. The van der Waals surface area contributed by atoms with Crippen molar-refractivity contribution in [2.75, 3.05) is 11.9 Å². The van der Waals surface area contributed by atoms with Crippen molar-refractivity contribution in [1.29, 1.82) is 0 Å². The van der Waals surface area contributed by atoms with E-state index in [0.717, 1.165) is 12.1 Å². The van der Waals surface area contributed by atoms with Crippen LogP contribution < -0.4 is 15.4 Å². The number of alkyl halides is 3. The zero-order valence-electron chi connectivity index (χ0n) is 14.9. The highest BCUT2D eigenvalue weighted by Crippen LogP contribution is 2.32. The monoisotopic (exact) mass is 456 g/mol. The van der Waals surface area contributed by atoms with Crippen molar-refractivity contribution in [3.05, 3.63) is 63.5 Å². The molecule has 0 aliphatic carbocycles. The van der Waals surface area contributed by atoms with Gasteiger partial charge in [-0.05, 0) is 54.2 Å². The molecule has 156 valence electrons. The Labute approximate surface area is 177 Å². The van der Waals surface area contributed by atoms with Crippen LogP contribution >= 0.6 is 23.4 Å². The minimum atomic E-state index is -4.53. The van der Waals surface area contributed by atoms with Crippen molar-refractivity contribution in [3.63, 3.8) is 0 Å². The number of rotatable bonds is 5. The van der Waals surface area contributed by atoms with E-state index < -0.39 is 35.4 Å². The van der Waals surface area contributed by atoms with Crippen LogP contribution in [-0.2, 0) is 15.8 Å². The van der Waals surface area contributed by atoms with E-state index in [1.54, 1.807) is 0 Å². The molecule has 0 aromatic heterocycles. The summed E-state index contributed by atoms with van der Waals surface area (Å²) in [4.78, 5) is 35.2. The zero-order valence-corrected chi connectivity index (χ0v) is 16.5. The van der Waals surface area contributed by atoms with Gasteiger partial charge < -0.3 is 10.1 Å². The Bertz CT molecular complexity index is 1060. The summed E-state index contributed by atoms with van der Waals surface area (Å²) in [6.07, 6.45) is -3.15. The fraction of sp³-hybridized carbons (Fsp3) is 0.105. The highest BCUT2D eigenvalue weighted by Gasteiger charge is 2.30. The molecule has 1 aliphatic rings. The number of amides is 3.